The molecule has 1 saturated heterocycles. The monoisotopic (exact) mass is 229 g/mol. The van der Waals surface area contributed by atoms with Gasteiger partial charge in [-0.2, -0.15) is 0 Å². The van der Waals surface area contributed by atoms with Gasteiger partial charge in [-0.15, -0.1) is 11.8 Å². The summed E-state index contributed by atoms with van der Waals surface area (Å²) in [5.74, 6) is -2.62. The van der Waals surface area contributed by atoms with Crippen molar-refractivity contribution >= 4 is 29.6 Å². The molecule has 7 heteroatoms. The Labute approximate surface area is 88.5 Å². The fraction of sp³-hybridized carbons (Fsp3) is 0.375. The standard InChI is InChI=1S/C8H7NO5S/c10-5-2-6-9(5)3(7(11)12)1-4(15-6)8(13)14/h1,4,6H,2H2,(H,11,12)(H,13,14)/t4?,6-/m1/s1. The van der Waals surface area contributed by atoms with Gasteiger partial charge >= 0.3 is 11.9 Å². The van der Waals surface area contributed by atoms with Gasteiger partial charge in [0.1, 0.15) is 10.9 Å². The molecule has 0 bridgehead atoms. The Kier molecular flexibility index (Phi) is 2.18. The minimum atomic E-state index is -1.26. The summed E-state index contributed by atoms with van der Waals surface area (Å²) in [6, 6.07) is 0. The fourth-order valence-corrected chi connectivity index (χ4v) is 2.78. The normalized spacial score (nSPS) is 28.9. The maximum atomic E-state index is 11.1. The molecule has 2 heterocycles. The molecule has 80 valence electrons. The van der Waals surface area contributed by atoms with E-state index in [4.69, 9.17) is 10.2 Å². The molecule has 2 N–H and O–H groups in total. The van der Waals surface area contributed by atoms with E-state index in [9.17, 15) is 14.4 Å². The smallest absolute Gasteiger partial charge is 0.352 e. The summed E-state index contributed by atoms with van der Waals surface area (Å²) in [7, 11) is 0. The van der Waals surface area contributed by atoms with E-state index in [1.807, 2.05) is 0 Å². The van der Waals surface area contributed by atoms with Crippen LogP contribution in [-0.2, 0) is 14.4 Å². The van der Waals surface area contributed by atoms with Crippen LogP contribution in [0.4, 0.5) is 0 Å². The number of thioether (sulfide) groups is 1. The molecule has 1 fully saturated rings. The summed E-state index contributed by atoms with van der Waals surface area (Å²) in [5, 5.41) is 16.4. The lowest BCUT2D eigenvalue weighted by Crippen LogP contribution is -2.54. The zero-order valence-electron chi connectivity index (χ0n) is 7.41. The van der Waals surface area contributed by atoms with Crippen LogP contribution in [0.3, 0.4) is 0 Å². The maximum Gasteiger partial charge on any atom is 0.352 e. The number of carboxylic acids is 2. The van der Waals surface area contributed by atoms with Crippen LogP contribution >= 0.6 is 11.8 Å². The summed E-state index contributed by atoms with van der Waals surface area (Å²) in [4.78, 5) is 33.8. The molecule has 0 aliphatic carbocycles. The van der Waals surface area contributed by atoms with E-state index in [1.165, 1.54) is 0 Å². The van der Waals surface area contributed by atoms with Crippen molar-refractivity contribution in [1.82, 2.24) is 4.90 Å². The quantitative estimate of drug-likeness (QED) is 0.632. The van der Waals surface area contributed by atoms with Crippen molar-refractivity contribution < 1.29 is 24.6 Å². The van der Waals surface area contributed by atoms with Gasteiger partial charge in [0.15, 0.2) is 0 Å². The van der Waals surface area contributed by atoms with Gasteiger partial charge in [0.2, 0.25) is 5.91 Å². The van der Waals surface area contributed by atoms with Crippen molar-refractivity contribution in [3.05, 3.63) is 11.8 Å². The summed E-state index contributed by atoms with van der Waals surface area (Å²) in [6.07, 6.45) is 1.31. The number of β-lactam (4-membered cyclic amide) rings is 1. The first-order valence-electron chi connectivity index (χ1n) is 4.16. The van der Waals surface area contributed by atoms with E-state index >= 15 is 0 Å². The first-order chi connectivity index (χ1) is 7.00. The molecular formula is C8H7NO5S. The topological polar surface area (TPSA) is 94.9 Å². The second-order valence-corrected chi connectivity index (χ2v) is 4.50. The molecule has 2 rings (SSSR count). The predicted molar refractivity (Wildman–Crippen MR) is 50.0 cm³/mol. The molecule has 0 radical (unpaired) electrons. The van der Waals surface area contributed by atoms with Crippen LogP contribution < -0.4 is 0 Å². The second-order valence-electron chi connectivity index (χ2n) is 3.17. The Hall–Kier alpha value is -1.50. The molecule has 15 heavy (non-hydrogen) atoms. The number of amides is 1. The number of hydrogen-bond donors (Lipinski definition) is 2. The molecule has 6 nitrogen and oxygen atoms in total. The van der Waals surface area contributed by atoms with Crippen LogP contribution in [0.1, 0.15) is 6.42 Å². The molecule has 0 aromatic rings. The number of aliphatic carboxylic acids is 2. The fourth-order valence-electron chi connectivity index (χ4n) is 1.52. The lowest BCUT2D eigenvalue weighted by Gasteiger charge is -2.43. The highest BCUT2D eigenvalue weighted by atomic mass is 32.2. The minimum Gasteiger partial charge on any atom is -0.480 e. The highest BCUT2D eigenvalue weighted by Crippen LogP contribution is 2.40. The highest BCUT2D eigenvalue weighted by Gasteiger charge is 2.46. The van der Waals surface area contributed by atoms with Crippen LogP contribution in [0.5, 0.6) is 0 Å². The largest absolute Gasteiger partial charge is 0.480 e. The third-order valence-corrected chi connectivity index (χ3v) is 3.56. The van der Waals surface area contributed by atoms with Crippen molar-refractivity contribution in [3.63, 3.8) is 0 Å². The SMILES string of the molecule is O=C(O)C1=CC(C(=O)O)S[C@@H]2CC(=O)N12. The van der Waals surface area contributed by atoms with E-state index in [0.29, 0.717) is 0 Å². The number of rotatable bonds is 2. The summed E-state index contributed by atoms with van der Waals surface area (Å²) in [6.45, 7) is 0. The summed E-state index contributed by atoms with van der Waals surface area (Å²) < 4.78 is 0. The second kappa shape index (κ2) is 3.27. The molecule has 0 saturated carbocycles. The number of carbonyl (C=O) groups is 3. The third-order valence-electron chi connectivity index (χ3n) is 2.24. The zero-order chi connectivity index (χ0) is 11.2. The van der Waals surface area contributed by atoms with Gasteiger partial charge in [0.25, 0.3) is 0 Å². The van der Waals surface area contributed by atoms with E-state index in [2.05, 4.69) is 0 Å². The van der Waals surface area contributed by atoms with E-state index < -0.39 is 17.2 Å². The Bertz CT molecular complexity index is 390. The number of nitrogens with zero attached hydrogens (tertiary/aromatic N) is 1. The van der Waals surface area contributed by atoms with Gasteiger partial charge in [-0.1, -0.05) is 0 Å². The van der Waals surface area contributed by atoms with Crippen LogP contribution in [0.2, 0.25) is 0 Å². The van der Waals surface area contributed by atoms with Gasteiger partial charge in [0.05, 0.1) is 11.8 Å². The molecule has 2 aliphatic rings. The van der Waals surface area contributed by atoms with E-state index in [1.54, 1.807) is 0 Å². The van der Waals surface area contributed by atoms with E-state index in [0.717, 1.165) is 22.7 Å². The molecule has 1 amide bonds. The average Bonchev–Trinajstić information content (AvgIpc) is 2.14. The van der Waals surface area contributed by atoms with Crippen molar-refractivity contribution in [2.45, 2.75) is 17.0 Å². The van der Waals surface area contributed by atoms with Crippen molar-refractivity contribution in [2.75, 3.05) is 0 Å². The highest BCUT2D eigenvalue weighted by molar-refractivity contribution is 8.01. The van der Waals surface area contributed by atoms with Crippen LogP contribution in [-0.4, -0.2) is 43.6 Å². The van der Waals surface area contributed by atoms with Gasteiger partial charge in [0, 0.05) is 0 Å². The van der Waals surface area contributed by atoms with Gasteiger partial charge < -0.3 is 10.2 Å². The van der Waals surface area contributed by atoms with Crippen molar-refractivity contribution in [3.8, 4) is 0 Å². The van der Waals surface area contributed by atoms with Gasteiger partial charge in [-0.05, 0) is 6.08 Å². The predicted octanol–water partition coefficient (Wildman–Crippen LogP) is -0.287. The molecule has 1 unspecified atom stereocenters. The van der Waals surface area contributed by atoms with Gasteiger partial charge in [-0.25, -0.2) is 4.79 Å². The number of carbonyl (C=O) groups excluding carboxylic acids is 1. The van der Waals surface area contributed by atoms with Crippen molar-refractivity contribution in [2.24, 2.45) is 0 Å². The van der Waals surface area contributed by atoms with Crippen LogP contribution in [0.25, 0.3) is 0 Å². The average molecular weight is 229 g/mol. The summed E-state index contributed by atoms with van der Waals surface area (Å²) in [5.41, 5.74) is -0.220. The molecular weight excluding hydrogens is 222 g/mol. The van der Waals surface area contributed by atoms with E-state index in [-0.39, 0.29) is 23.4 Å². The number of hydrogen-bond acceptors (Lipinski definition) is 4. The van der Waals surface area contributed by atoms with Crippen LogP contribution in [0, 0.1) is 0 Å². The minimum absolute atomic E-state index is 0.207. The molecule has 2 aliphatic heterocycles. The van der Waals surface area contributed by atoms with Crippen molar-refractivity contribution in [1.29, 1.82) is 0 Å². The number of carboxylic acid groups (broad SMARTS) is 2. The molecule has 0 aromatic heterocycles. The lowest BCUT2D eigenvalue weighted by atomic mass is 10.1. The summed E-state index contributed by atoms with van der Waals surface area (Å²) >= 11 is 1.08. The Balaban J connectivity index is 2.32. The maximum absolute atomic E-state index is 11.1. The lowest BCUT2D eigenvalue weighted by molar-refractivity contribution is -0.146. The molecule has 2 atom stereocenters. The molecule has 0 aromatic carbocycles. The first kappa shape index (κ1) is 10.0. The third kappa shape index (κ3) is 1.48. The number of fused-ring (bicyclic) bond motifs is 1. The molecule has 0 spiro atoms. The van der Waals surface area contributed by atoms with Crippen LogP contribution in [0.15, 0.2) is 11.8 Å². The Morgan fingerprint density at radius 1 is 1.47 bits per heavy atom. The first-order valence-corrected chi connectivity index (χ1v) is 5.10. The Morgan fingerprint density at radius 3 is 2.60 bits per heavy atom. The van der Waals surface area contributed by atoms with Gasteiger partial charge in [-0.3, -0.25) is 14.5 Å². The zero-order valence-corrected chi connectivity index (χ0v) is 8.23. The Morgan fingerprint density at radius 2 is 2.13 bits per heavy atom.